The molecule has 0 amide bonds. The number of fused-ring (bicyclic) bond motifs is 1. The first-order chi connectivity index (χ1) is 9.31. The lowest BCUT2D eigenvalue weighted by Crippen LogP contribution is -1.76. The van der Waals surface area contributed by atoms with Gasteiger partial charge in [-0.3, -0.25) is 0 Å². The van der Waals surface area contributed by atoms with Gasteiger partial charge in [0.2, 0.25) is 0 Å². The Morgan fingerprint density at radius 2 is 2.00 bits per heavy atom. The molecular weight excluding hydrogens is 292 g/mol. The number of aromatic nitrogens is 2. The van der Waals surface area contributed by atoms with Gasteiger partial charge in [-0.25, -0.2) is 9.97 Å². The Labute approximate surface area is 123 Å². The maximum atomic E-state index is 4.69. The Bertz CT molecular complexity index is 713. The van der Waals surface area contributed by atoms with E-state index in [0.29, 0.717) is 0 Å². The smallest absolute Gasteiger partial charge is 0.155 e. The van der Waals surface area contributed by atoms with E-state index in [2.05, 4.69) is 34.0 Å². The zero-order chi connectivity index (χ0) is 13.2. The number of allylic oxidation sites excluding steroid dienone is 4. The van der Waals surface area contributed by atoms with E-state index in [1.165, 1.54) is 5.56 Å². The molecule has 96 valence electrons. The van der Waals surface area contributed by atoms with Crippen LogP contribution in [0.15, 0.2) is 35.1 Å². The van der Waals surface area contributed by atoms with Crippen molar-refractivity contribution in [3.63, 3.8) is 0 Å². The third kappa shape index (κ3) is 2.41. The lowest BCUT2D eigenvalue weighted by atomic mass is 10.2. The average Bonchev–Trinajstić information content (AvgIpc) is 3.09. The van der Waals surface area contributed by atoms with E-state index in [0.717, 1.165) is 25.2 Å². The van der Waals surface area contributed by atoms with Crippen LogP contribution in [0.5, 0.6) is 0 Å². The predicted octanol–water partition coefficient (Wildman–Crippen LogP) is 5.46. The zero-order valence-corrected chi connectivity index (χ0v) is 13.0. The average molecular weight is 304 g/mol. The SMILES string of the molecule is C/C=C\C(=C/C)c1nc2sc(-c3ccsc3)nc2s1. The summed E-state index contributed by atoms with van der Waals surface area (Å²) < 4.78 is 0. The number of thiophene rings is 1. The molecule has 0 aromatic carbocycles. The van der Waals surface area contributed by atoms with Gasteiger partial charge in [0.1, 0.15) is 10.0 Å². The minimum Gasteiger partial charge on any atom is -0.223 e. The second-order valence-corrected chi connectivity index (χ2v) is 6.64. The van der Waals surface area contributed by atoms with Gasteiger partial charge in [-0.15, -0.1) is 0 Å². The van der Waals surface area contributed by atoms with Crippen LogP contribution in [0.4, 0.5) is 0 Å². The molecule has 3 rings (SSSR count). The van der Waals surface area contributed by atoms with Crippen molar-refractivity contribution in [2.45, 2.75) is 13.8 Å². The van der Waals surface area contributed by atoms with Gasteiger partial charge in [-0.2, -0.15) is 11.3 Å². The first-order valence-electron chi connectivity index (χ1n) is 5.91. The number of hydrogen-bond acceptors (Lipinski definition) is 5. The van der Waals surface area contributed by atoms with Gasteiger partial charge in [0.05, 0.1) is 0 Å². The van der Waals surface area contributed by atoms with Gasteiger partial charge < -0.3 is 0 Å². The van der Waals surface area contributed by atoms with Gasteiger partial charge in [-0.05, 0) is 25.3 Å². The van der Waals surface area contributed by atoms with Gasteiger partial charge in [0.15, 0.2) is 9.66 Å². The molecule has 3 aromatic heterocycles. The second-order valence-electron chi connectivity index (χ2n) is 3.90. The highest BCUT2D eigenvalue weighted by Crippen LogP contribution is 2.35. The highest BCUT2D eigenvalue weighted by molar-refractivity contribution is 7.28. The molecule has 0 atom stereocenters. The van der Waals surface area contributed by atoms with Crippen molar-refractivity contribution >= 4 is 49.2 Å². The maximum absolute atomic E-state index is 4.69. The maximum Gasteiger partial charge on any atom is 0.155 e. The summed E-state index contributed by atoms with van der Waals surface area (Å²) in [4.78, 5) is 11.4. The molecule has 0 unspecified atom stereocenters. The highest BCUT2D eigenvalue weighted by Gasteiger charge is 2.12. The van der Waals surface area contributed by atoms with Crippen molar-refractivity contribution in [1.82, 2.24) is 9.97 Å². The molecule has 0 aliphatic carbocycles. The molecule has 0 aliphatic heterocycles. The summed E-state index contributed by atoms with van der Waals surface area (Å²) in [7, 11) is 0. The van der Waals surface area contributed by atoms with E-state index in [9.17, 15) is 0 Å². The minimum atomic E-state index is 1.03. The molecule has 0 fully saturated rings. The van der Waals surface area contributed by atoms with E-state index in [4.69, 9.17) is 4.98 Å². The van der Waals surface area contributed by atoms with Crippen molar-refractivity contribution in [2.24, 2.45) is 0 Å². The first kappa shape index (κ1) is 12.7. The van der Waals surface area contributed by atoms with Crippen LogP contribution in [-0.4, -0.2) is 9.97 Å². The molecule has 0 saturated heterocycles. The minimum absolute atomic E-state index is 1.03. The Balaban J connectivity index is 2.02. The molecule has 0 saturated carbocycles. The molecule has 3 aromatic rings. The van der Waals surface area contributed by atoms with E-state index >= 15 is 0 Å². The Morgan fingerprint density at radius 3 is 2.63 bits per heavy atom. The molecule has 0 bridgehead atoms. The normalized spacial score (nSPS) is 12.8. The summed E-state index contributed by atoms with van der Waals surface area (Å²) in [5, 5.41) is 6.31. The third-order valence-corrected chi connectivity index (χ3v) is 5.46. The fourth-order valence-electron chi connectivity index (χ4n) is 1.75. The second kappa shape index (κ2) is 5.36. The van der Waals surface area contributed by atoms with Crippen LogP contribution in [0.1, 0.15) is 18.9 Å². The first-order valence-corrected chi connectivity index (χ1v) is 8.48. The van der Waals surface area contributed by atoms with Crippen LogP contribution >= 0.6 is 34.0 Å². The van der Waals surface area contributed by atoms with Crippen molar-refractivity contribution in [3.05, 3.63) is 40.1 Å². The lowest BCUT2D eigenvalue weighted by Gasteiger charge is -1.93. The standard InChI is InChI=1S/C14H12N2S3/c1-3-5-9(4-2)11-15-13-14(18-11)16-12(19-13)10-6-7-17-8-10/h3-8H,1-2H3/b5-3-,9-4+. The zero-order valence-electron chi connectivity index (χ0n) is 10.6. The number of nitrogens with zero attached hydrogens (tertiary/aromatic N) is 2. The Kier molecular flexibility index (Phi) is 3.59. The molecule has 2 nitrogen and oxygen atoms in total. The van der Waals surface area contributed by atoms with Gasteiger partial charge in [0.25, 0.3) is 0 Å². The molecule has 3 heterocycles. The largest absolute Gasteiger partial charge is 0.223 e. The van der Waals surface area contributed by atoms with Crippen LogP contribution in [-0.2, 0) is 0 Å². The van der Waals surface area contributed by atoms with E-state index in [1.807, 2.05) is 19.9 Å². The molecule has 0 N–H and O–H groups in total. The summed E-state index contributed by atoms with van der Waals surface area (Å²) in [6.07, 6.45) is 6.21. The number of hydrogen-bond donors (Lipinski definition) is 0. The predicted molar refractivity (Wildman–Crippen MR) is 87.1 cm³/mol. The topological polar surface area (TPSA) is 25.8 Å². The van der Waals surface area contributed by atoms with Crippen molar-refractivity contribution in [3.8, 4) is 10.6 Å². The third-order valence-electron chi connectivity index (χ3n) is 2.65. The molecule has 0 spiro atoms. The Hall–Kier alpha value is -1.30. The molecule has 19 heavy (non-hydrogen) atoms. The lowest BCUT2D eigenvalue weighted by molar-refractivity contribution is 1.45. The Morgan fingerprint density at radius 1 is 1.16 bits per heavy atom. The highest BCUT2D eigenvalue weighted by atomic mass is 32.1. The molecule has 0 aliphatic rings. The van der Waals surface area contributed by atoms with Crippen LogP contribution in [0.25, 0.3) is 25.8 Å². The summed E-state index contributed by atoms with van der Waals surface area (Å²) in [5.41, 5.74) is 2.36. The van der Waals surface area contributed by atoms with Gasteiger partial charge in [0, 0.05) is 16.5 Å². The number of rotatable bonds is 3. The van der Waals surface area contributed by atoms with Crippen LogP contribution in [0, 0.1) is 0 Å². The van der Waals surface area contributed by atoms with E-state index in [-0.39, 0.29) is 0 Å². The van der Waals surface area contributed by atoms with Gasteiger partial charge in [-0.1, -0.05) is 40.9 Å². The van der Waals surface area contributed by atoms with Gasteiger partial charge >= 0.3 is 0 Å². The molecular formula is C14H12N2S3. The molecule has 0 radical (unpaired) electrons. The van der Waals surface area contributed by atoms with E-state index < -0.39 is 0 Å². The fourth-order valence-corrected chi connectivity index (χ4v) is 4.55. The fraction of sp³-hybridized carbons (Fsp3) is 0.143. The summed E-state index contributed by atoms with van der Waals surface area (Å²) >= 11 is 5.02. The number of thiazole rings is 2. The summed E-state index contributed by atoms with van der Waals surface area (Å²) in [5.74, 6) is 0. The van der Waals surface area contributed by atoms with Crippen molar-refractivity contribution in [1.29, 1.82) is 0 Å². The van der Waals surface area contributed by atoms with Crippen LogP contribution in [0.2, 0.25) is 0 Å². The van der Waals surface area contributed by atoms with Crippen molar-refractivity contribution < 1.29 is 0 Å². The quantitative estimate of drug-likeness (QED) is 0.600. The monoisotopic (exact) mass is 304 g/mol. The van der Waals surface area contributed by atoms with Crippen LogP contribution < -0.4 is 0 Å². The molecule has 5 heteroatoms. The van der Waals surface area contributed by atoms with Crippen molar-refractivity contribution in [2.75, 3.05) is 0 Å². The van der Waals surface area contributed by atoms with E-state index in [1.54, 1.807) is 34.0 Å². The van der Waals surface area contributed by atoms with Crippen LogP contribution in [0.3, 0.4) is 0 Å². The summed E-state index contributed by atoms with van der Waals surface area (Å²) in [6.45, 7) is 4.06. The summed E-state index contributed by atoms with van der Waals surface area (Å²) in [6, 6.07) is 2.10.